The molecule has 1 atom stereocenters. The maximum absolute atomic E-state index is 14.1. The summed E-state index contributed by atoms with van der Waals surface area (Å²) in [5.74, 6) is 0.580. The van der Waals surface area contributed by atoms with Crippen molar-refractivity contribution in [1.82, 2.24) is 10.2 Å². The third kappa shape index (κ3) is 8.41. The van der Waals surface area contributed by atoms with Crippen LogP contribution in [0.5, 0.6) is 17.2 Å². The number of hydrogen-bond acceptors (Lipinski definition) is 7. The van der Waals surface area contributed by atoms with Crippen molar-refractivity contribution in [2.75, 3.05) is 38.7 Å². The molecule has 3 aromatic rings. The molecule has 232 valence electrons. The van der Waals surface area contributed by atoms with Crippen molar-refractivity contribution in [1.29, 1.82) is 0 Å². The zero-order valence-electron chi connectivity index (χ0n) is 25.8. The van der Waals surface area contributed by atoms with Crippen LogP contribution in [0.25, 0.3) is 0 Å². The van der Waals surface area contributed by atoms with Gasteiger partial charge in [0.1, 0.15) is 18.3 Å². The third-order valence-electron chi connectivity index (χ3n) is 6.91. The van der Waals surface area contributed by atoms with Crippen LogP contribution in [-0.2, 0) is 26.2 Å². The quantitative estimate of drug-likeness (QED) is 0.287. The molecule has 0 spiro atoms. The van der Waals surface area contributed by atoms with Gasteiger partial charge in [-0.25, -0.2) is 8.42 Å². The lowest BCUT2D eigenvalue weighted by molar-refractivity contribution is -0.139. The largest absolute Gasteiger partial charge is 0.497 e. The number of nitrogens with one attached hydrogen (secondary N) is 1. The summed E-state index contributed by atoms with van der Waals surface area (Å²) in [6, 6.07) is 17.4. The van der Waals surface area contributed by atoms with Crippen LogP contribution in [0.3, 0.4) is 0 Å². The summed E-state index contributed by atoms with van der Waals surface area (Å²) in [6.07, 6.45) is 0. The molecular weight excluding hydrogens is 570 g/mol. The SMILES string of the molecule is COc1ccc(CN(C(=O)CN(c2ccc(C)cc2)S(=O)(=O)c2ccc(OC)c(OC)c2)[C@H](C)C(=O)NCC(C)C)cc1. The first kappa shape index (κ1) is 33.3. The lowest BCUT2D eigenvalue weighted by Crippen LogP contribution is -2.51. The number of aryl methyl sites for hydroxylation is 1. The predicted octanol–water partition coefficient (Wildman–Crippen LogP) is 4.41. The third-order valence-corrected chi connectivity index (χ3v) is 8.68. The molecule has 0 aliphatic carbocycles. The first-order valence-corrected chi connectivity index (χ1v) is 15.4. The molecule has 3 aromatic carbocycles. The molecule has 0 saturated carbocycles. The molecule has 1 N–H and O–H groups in total. The number of rotatable bonds is 14. The molecule has 3 rings (SSSR count). The average Bonchev–Trinajstić information content (AvgIpc) is 3.01. The zero-order valence-corrected chi connectivity index (χ0v) is 26.6. The molecular formula is C32H41N3O7S. The number of ether oxygens (including phenoxy) is 3. The highest BCUT2D eigenvalue weighted by Gasteiger charge is 2.33. The van der Waals surface area contributed by atoms with Gasteiger partial charge in [-0.2, -0.15) is 0 Å². The van der Waals surface area contributed by atoms with Crippen LogP contribution in [0.1, 0.15) is 31.9 Å². The molecule has 0 fully saturated rings. The average molecular weight is 612 g/mol. The van der Waals surface area contributed by atoms with Gasteiger partial charge in [0.15, 0.2) is 11.5 Å². The molecule has 0 aromatic heterocycles. The van der Waals surface area contributed by atoms with Crippen molar-refractivity contribution in [3.05, 3.63) is 77.9 Å². The minimum atomic E-state index is -4.27. The monoisotopic (exact) mass is 611 g/mol. The topological polar surface area (TPSA) is 114 Å². The number of nitrogens with zero attached hydrogens (tertiary/aromatic N) is 2. The Morgan fingerprint density at radius 2 is 1.47 bits per heavy atom. The van der Waals surface area contributed by atoms with Gasteiger partial charge in [-0.05, 0) is 61.7 Å². The van der Waals surface area contributed by atoms with Gasteiger partial charge in [0, 0.05) is 19.2 Å². The fourth-order valence-corrected chi connectivity index (χ4v) is 5.74. The summed E-state index contributed by atoms with van der Waals surface area (Å²) in [6.45, 7) is 7.45. The summed E-state index contributed by atoms with van der Waals surface area (Å²) in [5, 5.41) is 2.88. The van der Waals surface area contributed by atoms with Gasteiger partial charge in [-0.15, -0.1) is 0 Å². The van der Waals surface area contributed by atoms with Gasteiger partial charge in [0.25, 0.3) is 10.0 Å². The molecule has 10 nitrogen and oxygen atoms in total. The zero-order chi connectivity index (χ0) is 31.7. The van der Waals surface area contributed by atoms with Crippen LogP contribution in [-0.4, -0.2) is 65.6 Å². The fraction of sp³-hybridized carbons (Fsp3) is 0.375. The number of methoxy groups -OCH3 is 3. The van der Waals surface area contributed by atoms with E-state index in [2.05, 4.69) is 5.32 Å². The number of carbonyl (C=O) groups excluding carboxylic acids is 2. The number of anilines is 1. The van der Waals surface area contributed by atoms with E-state index in [1.54, 1.807) is 62.6 Å². The van der Waals surface area contributed by atoms with Crippen LogP contribution in [0.2, 0.25) is 0 Å². The maximum atomic E-state index is 14.1. The molecule has 2 amide bonds. The van der Waals surface area contributed by atoms with E-state index >= 15 is 0 Å². The van der Waals surface area contributed by atoms with Crippen LogP contribution >= 0.6 is 0 Å². The minimum absolute atomic E-state index is 0.0806. The molecule has 0 heterocycles. The van der Waals surface area contributed by atoms with Crippen LogP contribution < -0.4 is 23.8 Å². The first-order valence-electron chi connectivity index (χ1n) is 13.9. The van der Waals surface area contributed by atoms with Gasteiger partial charge < -0.3 is 24.4 Å². The van der Waals surface area contributed by atoms with Crippen molar-refractivity contribution in [3.8, 4) is 17.2 Å². The number of hydrogen-bond donors (Lipinski definition) is 1. The summed E-state index contributed by atoms with van der Waals surface area (Å²) >= 11 is 0. The minimum Gasteiger partial charge on any atom is -0.497 e. The van der Waals surface area contributed by atoms with E-state index in [1.807, 2.05) is 20.8 Å². The van der Waals surface area contributed by atoms with Crippen molar-refractivity contribution in [2.45, 2.75) is 45.2 Å². The standard InChI is InChI=1S/C32H41N3O7S/c1-22(2)19-33-32(37)24(4)34(20-25-10-14-27(40-5)15-11-25)31(36)21-35(26-12-8-23(3)9-13-26)43(38,39)28-16-17-29(41-6)30(18-28)42-7/h8-18,22,24H,19-21H2,1-7H3,(H,33,37)/t24-/m1/s1. The Hall–Kier alpha value is -4.25. The van der Waals surface area contributed by atoms with Gasteiger partial charge >= 0.3 is 0 Å². The van der Waals surface area contributed by atoms with E-state index in [1.165, 1.54) is 37.3 Å². The fourth-order valence-electron chi connectivity index (χ4n) is 4.31. The predicted molar refractivity (Wildman–Crippen MR) is 166 cm³/mol. The molecule has 11 heteroatoms. The van der Waals surface area contributed by atoms with Crippen LogP contribution in [0.4, 0.5) is 5.69 Å². The van der Waals surface area contributed by atoms with E-state index in [-0.39, 0.29) is 29.0 Å². The Morgan fingerprint density at radius 1 is 0.837 bits per heavy atom. The summed E-state index contributed by atoms with van der Waals surface area (Å²) in [4.78, 5) is 28.5. The number of benzene rings is 3. The van der Waals surface area contributed by atoms with Crippen molar-refractivity contribution >= 4 is 27.5 Å². The van der Waals surface area contributed by atoms with Gasteiger partial charge in [-0.3, -0.25) is 13.9 Å². The Balaban J connectivity index is 2.04. The Morgan fingerprint density at radius 3 is 2.02 bits per heavy atom. The summed E-state index contributed by atoms with van der Waals surface area (Å²) in [7, 11) is 0.163. The van der Waals surface area contributed by atoms with E-state index in [0.29, 0.717) is 23.7 Å². The normalized spacial score (nSPS) is 11.9. The van der Waals surface area contributed by atoms with E-state index in [4.69, 9.17) is 14.2 Å². The Labute approximate surface area is 254 Å². The Kier molecular flexibility index (Phi) is 11.4. The summed E-state index contributed by atoms with van der Waals surface area (Å²) in [5.41, 5.74) is 1.98. The van der Waals surface area contributed by atoms with E-state index in [0.717, 1.165) is 15.4 Å². The summed E-state index contributed by atoms with van der Waals surface area (Å²) < 4.78 is 45.1. The second-order valence-electron chi connectivity index (χ2n) is 10.5. The molecule has 0 bridgehead atoms. The molecule has 43 heavy (non-hydrogen) atoms. The first-order chi connectivity index (χ1) is 20.4. The van der Waals surface area contributed by atoms with Crippen molar-refractivity contribution in [3.63, 3.8) is 0 Å². The van der Waals surface area contributed by atoms with Gasteiger partial charge in [0.2, 0.25) is 11.8 Å². The second-order valence-corrected chi connectivity index (χ2v) is 12.4. The van der Waals surface area contributed by atoms with Crippen LogP contribution in [0.15, 0.2) is 71.6 Å². The highest BCUT2D eigenvalue weighted by Crippen LogP contribution is 2.32. The maximum Gasteiger partial charge on any atom is 0.264 e. The number of sulfonamides is 1. The van der Waals surface area contributed by atoms with Crippen molar-refractivity contribution in [2.24, 2.45) is 5.92 Å². The number of amides is 2. The van der Waals surface area contributed by atoms with Crippen LogP contribution in [0, 0.1) is 12.8 Å². The van der Waals surface area contributed by atoms with E-state index in [9.17, 15) is 18.0 Å². The van der Waals surface area contributed by atoms with Gasteiger partial charge in [-0.1, -0.05) is 43.7 Å². The molecule has 0 aliphatic heterocycles. The highest BCUT2D eigenvalue weighted by molar-refractivity contribution is 7.92. The van der Waals surface area contributed by atoms with Crippen molar-refractivity contribution < 1.29 is 32.2 Å². The van der Waals surface area contributed by atoms with E-state index < -0.39 is 28.5 Å². The lowest BCUT2D eigenvalue weighted by atomic mass is 10.1. The lowest BCUT2D eigenvalue weighted by Gasteiger charge is -2.32. The Bertz CT molecular complexity index is 1490. The molecule has 0 radical (unpaired) electrons. The highest BCUT2D eigenvalue weighted by atomic mass is 32.2. The smallest absolute Gasteiger partial charge is 0.264 e. The molecule has 0 unspecified atom stereocenters. The molecule has 0 saturated heterocycles. The molecule has 0 aliphatic rings. The second kappa shape index (κ2) is 14.8. The number of carbonyl (C=O) groups is 2. The van der Waals surface area contributed by atoms with Gasteiger partial charge in [0.05, 0.1) is 31.9 Å².